The molecule has 0 aromatic heterocycles. The van der Waals surface area contributed by atoms with Crippen LogP contribution in [0.4, 0.5) is 0 Å². The maximum atomic E-state index is 12.9. The van der Waals surface area contributed by atoms with Crippen molar-refractivity contribution in [2.45, 2.75) is 77.4 Å². The van der Waals surface area contributed by atoms with Gasteiger partial charge in [0.25, 0.3) is 5.91 Å². The van der Waals surface area contributed by atoms with Crippen molar-refractivity contribution in [2.24, 2.45) is 4.99 Å². The first-order chi connectivity index (χ1) is 11.2. The monoisotopic (exact) mass is 337 g/mol. The predicted octanol–water partition coefficient (Wildman–Crippen LogP) is 1.96. The Labute approximate surface area is 144 Å². The molecule has 0 bridgehead atoms. The summed E-state index contributed by atoms with van der Waals surface area (Å²) in [6, 6.07) is 0. The minimum atomic E-state index is -1.00. The van der Waals surface area contributed by atoms with E-state index in [-0.39, 0.29) is 18.2 Å². The molecule has 1 N–H and O–H groups in total. The second-order valence-corrected chi connectivity index (χ2v) is 7.58. The van der Waals surface area contributed by atoms with E-state index in [0.29, 0.717) is 32.5 Å². The van der Waals surface area contributed by atoms with Gasteiger partial charge in [0.05, 0.1) is 12.0 Å². The zero-order chi connectivity index (χ0) is 18.0. The van der Waals surface area contributed by atoms with Crippen molar-refractivity contribution in [1.29, 1.82) is 0 Å². The molecule has 6 nitrogen and oxygen atoms in total. The summed E-state index contributed by atoms with van der Waals surface area (Å²) in [5, 5.41) is 9.82. The highest BCUT2D eigenvalue weighted by molar-refractivity contribution is 6.08. The molecule has 2 rings (SSSR count). The molecule has 6 heteroatoms. The summed E-state index contributed by atoms with van der Waals surface area (Å²) >= 11 is 0. The average molecular weight is 337 g/mol. The zero-order valence-corrected chi connectivity index (χ0v) is 15.5. The first kappa shape index (κ1) is 18.9. The van der Waals surface area contributed by atoms with Gasteiger partial charge in [-0.25, -0.2) is 0 Å². The van der Waals surface area contributed by atoms with Crippen LogP contribution in [0.3, 0.4) is 0 Å². The summed E-state index contributed by atoms with van der Waals surface area (Å²) in [6.07, 6.45) is 4.23. The lowest BCUT2D eigenvalue weighted by Crippen LogP contribution is -2.52. The SMILES string of the molecule is CCCCC1=NC2(CCN(C(=O)CC(C)(C)O)CC2)C(=O)N1CC. The van der Waals surface area contributed by atoms with Gasteiger partial charge >= 0.3 is 0 Å². The number of amides is 2. The molecule has 24 heavy (non-hydrogen) atoms. The number of carbonyl (C=O) groups excluding carboxylic acids is 2. The molecule has 0 aromatic carbocycles. The minimum Gasteiger partial charge on any atom is -0.390 e. The quantitative estimate of drug-likeness (QED) is 0.805. The van der Waals surface area contributed by atoms with Gasteiger partial charge in [-0.3, -0.25) is 19.5 Å². The molecule has 2 amide bonds. The minimum absolute atomic E-state index is 0.0506. The number of hydrogen-bond acceptors (Lipinski definition) is 4. The highest BCUT2D eigenvalue weighted by atomic mass is 16.3. The van der Waals surface area contributed by atoms with Crippen molar-refractivity contribution < 1.29 is 14.7 Å². The first-order valence-corrected chi connectivity index (χ1v) is 9.13. The normalized spacial score (nSPS) is 20.7. The van der Waals surface area contributed by atoms with E-state index in [1.807, 2.05) is 11.8 Å². The standard InChI is InChI=1S/C18H31N3O3/c1-5-7-8-14-19-18(16(23)21(14)6-2)9-11-20(12-10-18)15(22)13-17(3,4)24/h24H,5-13H2,1-4H3. The molecule has 1 saturated heterocycles. The molecule has 0 atom stereocenters. The third-order valence-corrected chi connectivity index (χ3v) is 4.90. The molecule has 0 saturated carbocycles. The van der Waals surface area contributed by atoms with Crippen molar-refractivity contribution in [3.8, 4) is 0 Å². The summed E-state index contributed by atoms with van der Waals surface area (Å²) in [5.41, 5.74) is -1.66. The molecular weight excluding hydrogens is 306 g/mol. The van der Waals surface area contributed by atoms with Crippen LogP contribution in [-0.2, 0) is 9.59 Å². The Bertz CT molecular complexity index is 514. The fraction of sp³-hybridized carbons (Fsp3) is 0.833. The van der Waals surface area contributed by atoms with Crippen LogP contribution in [-0.4, -0.2) is 63.3 Å². The molecule has 2 aliphatic heterocycles. The first-order valence-electron chi connectivity index (χ1n) is 9.13. The van der Waals surface area contributed by atoms with Crippen LogP contribution in [0, 0.1) is 0 Å². The number of amidine groups is 1. The number of aliphatic imine (C=N–C) groups is 1. The summed E-state index contributed by atoms with van der Waals surface area (Å²) in [4.78, 5) is 33.5. The fourth-order valence-electron chi connectivity index (χ4n) is 3.51. The number of rotatable bonds is 6. The number of hydrogen-bond donors (Lipinski definition) is 1. The summed E-state index contributed by atoms with van der Waals surface area (Å²) < 4.78 is 0. The van der Waals surface area contributed by atoms with E-state index in [1.165, 1.54) is 0 Å². The smallest absolute Gasteiger partial charge is 0.255 e. The van der Waals surface area contributed by atoms with Crippen molar-refractivity contribution in [1.82, 2.24) is 9.80 Å². The topological polar surface area (TPSA) is 73.2 Å². The van der Waals surface area contributed by atoms with Gasteiger partial charge in [-0.05, 0) is 40.0 Å². The van der Waals surface area contributed by atoms with Crippen molar-refractivity contribution in [2.75, 3.05) is 19.6 Å². The Balaban J connectivity index is 2.04. The number of aliphatic hydroxyl groups is 1. The van der Waals surface area contributed by atoms with Crippen LogP contribution in [0.15, 0.2) is 4.99 Å². The second-order valence-electron chi connectivity index (χ2n) is 7.58. The molecular formula is C18H31N3O3. The third-order valence-electron chi connectivity index (χ3n) is 4.90. The van der Waals surface area contributed by atoms with Crippen LogP contribution >= 0.6 is 0 Å². The van der Waals surface area contributed by atoms with Gasteiger partial charge in [-0.1, -0.05) is 13.3 Å². The van der Waals surface area contributed by atoms with Gasteiger partial charge in [0.2, 0.25) is 5.91 Å². The molecule has 2 aliphatic rings. The third kappa shape index (κ3) is 3.97. The number of carbonyl (C=O) groups is 2. The van der Waals surface area contributed by atoms with Gasteiger partial charge in [0.15, 0.2) is 0 Å². The van der Waals surface area contributed by atoms with E-state index in [9.17, 15) is 14.7 Å². The number of unbranched alkanes of at least 4 members (excludes halogenated alkanes) is 1. The molecule has 1 spiro atoms. The maximum absolute atomic E-state index is 12.9. The van der Waals surface area contributed by atoms with Crippen LogP contribution < -0.4 is 0 Å². The lowest BCUT2D eigenvalue weighted by Gasteiger charge is -2.37. The van der Waals surface area contributed by atoms with Crippen LogP contribution in [0.5, 0.6) is 0 Å². The largest absolute Gasteiger partial charge is 0.390 e. The molecule has 0 radical (unpaired) electrons. The number of likely N-dealkylation sites (tertiary alicyclic amines) is 1. The van der Waals surface area contributed by atoms with E-state index in [1.54, 1.807) is 18.7 Å². The van der Waals surface area contributed by atoms with E-state index in [2.05, 4.69) is 6.92 Å². The number of piperidine rings is 1. The van der Waals surface area contributed by atoms with E-state index >= 15 is 0 Å². The van der Waals surface area contributed by atoms with Gasteiger partial charge < -0.3 is 10.0 Å². The average Bonchev–Trinajstić information content (AvgIpc) is 2.76. The van der Waals surface area contributed by atoms with Gasteiger partial charge in [-0.2, -0.15) is 0 Å². The Kier molecular flexibility index (Phi) is 5.68. The molecule has 0 unspecified atom stereocenters. The second kappa shape index (κ2) is 7.21. The Morgan fingerprint density at radius 2 is 1.92 bits per heavy atom. The predicted molar refractivity (Wildman–Crippen MR) is 93.8 cm³/mol. The lowest BCUT2D eigenvalue weighted by molar-refractivity contribution is -0.140. The van der Waals surface area contributed by atoms with Gasteiger partial charge in [0.1, 0.15) is 11.4 Å². The van der Waals surface area contributed by atoms with Crippen molar-refractivity contribution in [3.63, 3.8) is 0 Å². The molecule has 0 aliphatic carbocycles. The summed E-state index contributed by atoms with van der Waals surface area (Å²) in [5.74, 6) is 0.969. The molecule has 0 aromatic rings. The van der Waals surface area contributed by atoms with Crippen LogP contribution in [0.1, 0.15) is 66.2 Å². The Hall–Kier alpha value is -1.43. The Morgan fingerprint density at radius 3 is 2.42 bits per heavy atom. The Morgan fingerprint density at radius 1 is 1.29 bits per heavy atom. The lowest BCUT2D eigenvalue weighted by atomic mass is 9.87. The van der Waals surface area contributed by atoms with Crippen molar-refractivity contribution in [3.05, 3.63) is 0 Å². The van der Waals surface area contributed by atoms with E-state index in [0.717, 1.165) is 25.1 Å². The molecule has 1 fully saturated rings. The molecule has 136 valence electrons. The number of nitrogens with zero attached hydrogens (tertiary/aromatic N) is 3. The van der Waals surface area contributed by atoms with E-state index in [4.69, 9.17) is 4.99 Å². The zero-order valence-electron chi connectivity index (χ0n) is 15.5. The van der Waals surface area contributed by atoms with Crippen LogP contribution in [0.2, 0.25) is 0 Å². The van der Waals surface area contributed by atoms with Crippen LogP contribution in [0.25, 0.3) is 0 Å². The number of likely N-dealkylation sites (N-methyl/N-ethyl adjacent to an activating group) is 1. The van der Waals surface area contributed by atoms with Crippen molar-refractivity contribution >= 4 is 17.6 Å². The summed E-state index contributed by atoms with van der Waals surface area (Å²) in [7, 11) is 0. The summed E-state index contributed by atoms with van der Waals surface area (Å²) in [6.45, 7) is 9.12. The molecule has 2 heterocycles. The maximum Gasteiger partial charge on any atom is 0.255 e. The highest BCUT2D eigenvalue weighted by Gasteiger charge is 2.49. The van der Waals surface area contributed by atoms with Gasteiger partial charge in [0, 0.05) is 26.1 Å². The highest BCUT2D eigenvalue weighted by Crippen LogP contribution is 2.35. The van der Waals surface area contributed by atoms with E-state index < -0.39 is 11.1 Å². The van der Waals surface area contributed by atoms with Gasteiger partial charge in [-0.15, -0.1) is 0 Å². The fourth-order valence-corrected chi connectivity index (χ4v) is 3.51.